The molecule has 0 aliphatic rings. The zero-order chi connectivity index (χ0) is 12.3. The van der Waals surface area contributed by atoms with Crippen molar-refractivity contribution < 1.29 is 4.39 Å². The Labute approximate surface area is 101 Å². The topological polar surface area (TPSA) is 67.2 Å². The molecule has 0 aliphatic carbocycles. The van der Waals surface area contributed by atoms with Gasteiger partial charge in [-0.05, 0) is 35.0 Å². The Kier molecular flexibility index (Phi) is 3.24. The van der Waals surface area contributed by atoms with Crippen molar-refractivity contribution in [2.24, 2.45) is 5.18 Å². The van der Waals surface area contributed by atoms with Crippen LogP contribution in [0.25, 0.3) is 0 Å². The second kappa shape index (κ2) is 4.84. The fraction of sp³-hybridized carbons (Fsp3) is 0. The first-order chi connectivity index (χ1) is 8.19. The lowest BCUT2D eigenvalue weighted by Crippen LogP contribution is -1.98. The summed E-state index contributed by atoms with van der Waals surface area (Å²) in [6.07, 6.45) is 0.958. The molecule has 0 bridgehead atoms. The summed E-state index contributed by atoms with van der Waals surface area (Å²) in [6.45, 7) is 0. The minimum absolute atomic E-state index is 0.0620. The van der Waals surface area contributed by atoms with Gasteiger partial charge in [-0.15, -0.1) is 4.91 Å². The normalized spacial score (nSPS) is 10.0. The summed E-state index contributed by atoms with van der Waals surface area (Å²) in [6, 6.07) is 6.24. The highest BCUT2D eigenvalue weighted by molar-refractivity contribution is 6.28. The molecule has 0 saturated heterocycles. The highest BCUT2D eigenvalue weighted by atomic mass is 35.5. The molecule has 7 heteroatoms. The Morgan fingerprint density at radius 3 is 3.00 bits per heavy atom. The Bertz CT molecular complexity index is 564. The average molecular weight is 253 g/mol. The first kappa shape index (κ1) is 11.4. The molecule has 0 fully saturated rings. The molecule has 0 amide bonds. The van der Waals surface area contributed by atoms with E-state index in [9.17, 15) is 9.30 Å². The van der Waals surface area contributed by atoms with Crippen LogP contribution >= 0.6 is 11.6 Å². The summed E-state index contributed by atoms with van der Waals surface area (Å²) in [4.78, 5) is 17.5. The third-order valence-electron chi connectivity index (χ3n) is 1.93. The van der Waals surface area contributed by atoms with Crippen LogP contribution in [-0.4, -0.2) is 9.97 Å². The van der Waals surface area contributed by atoms with Gasteiger partial charge in [0.15, 0.2) is 11.6 Å². The number of hydrogen-bond acceptors (Lipinski definition) is 5. The van der Waals surface area contributed by atoms with Gasteiger partial charge in [-0.3, -0.25) is 0 Å². The van der Waals surface area contributed by atoms with E-state index in [1.807, 2.05) is 0 Å². The Hall–Kier alpha value is -2.08. The quantitative estimate of drug-likeness (QED) is 0.671. The van der Waals surface area contributed by atoms with Crippen LogP contribution in [-0.2, 0) is 0 Å². The average Bonchev–Trinajstić information content (AvgIpc) is 2.34. The molecular weight excluding hydrogens is 247 g/mol. The van der Waals surface area contributed by atoms with Gasteiger partial charge in [-0.2, -0.15) is 4.98 Å². The van der Waals surface area contributed by atoms with Gasteiger partial charge in [0.1, 0.15) is 5.69 Å². The van der Waals surface area contributed by atoms with Crippen molar-refractivity contribution in [3.63, 3.8) is 0 Å². The van der Waals surface area contributed by atoms with Gasteiger partial charge >= 0.3 is 0 Å². The maximum atomic E-state index is 13.3. The van der Waals surface area contributed by atoms with Crippen molar-refractivity contribution in [2.45, 2.75) is 0 Å². The lowest BCUT2D eigenvalue weighted by atomic mass is 10.3. The first-order valence-corrected chi connectivity index (χ1v) is 4.95. The molecule has 0 atom stereocenters. The highest BCUT2D eigenvalue weighted by Crippen LogP contribution is 2.22. The standard InChI is InChI=1S/C10H6ClFN4O/c11-10-13-5-8(12)9(15-10)14-6-2-1-3-7(4-6)16-17/h1-5H,(H,13,14,15). The summed E-state index contributed by atoms with van der Waals surface area (Å²) >= 11 is 5.54. The lowest BCUT2D eigenvalue weighted by molar-refractivity contribution is 0.619. The highest BCUT2D eigenvalue weighted by Gasteiger charge is 2.06. The van der Waals surface area contributed by atoms with Crippen LogP contribution in [0.4, 0.5) is 21.6 Å². The van der Waals surface area contributed by atoms with Crippen molar-refractivity contribution >= 4 is 28.8 Å². The van der Waals surface area contributed by atoms with E-state index in [0.717, 1.165) is 6.20 Å². The van der Waals surface area contributed by atoms with Crippen LogP contribution < -0.4 is 5.32 Å². The molecular formula is C10H6ClFN4O. The molecule has 17 heavy (non-hydrogen) atoms. The number of aromatic nitrogens is 2. The van der Waals surface area contributed by atoms with Crippen molar-refractivity contribution in [3.8, 4) is 0 Å². The molecule has 0 saturated carbocycles. The molecule has 0 spiro atoms. The van der Waals surface area contributed by atoms with Crippen LogP contribution in [0.2, 0.25) is 5.28 Å². The van der Waals surface area contributed by atoms with Crippen molar-refractivity contribution in [3.05, 3.63) is 46.5 Å². The van der Waals surface area contributed by atoms with Gasteiger partial charge in [0.2, 0.25) is 5.28 Å². The maximum absolute atomic E-state index is 13.3. The van der Waals surface area contributed by atoms with Gasteiger partial charge in [-0.25, -0.2) is 9.37 Å². The van der Waals surface area contributed by atoms with Crippen LogP contribution in [0.1, 0.15) is 0 Å². The summed E-state index contributed by atoms with van der Waals surface area (Å²) in [5.41, 5.74) is 0.714. The van der Waals surface area contributed by atoms with E-state index >= 15 is 0 Å². The number of anilines is 2. The number of halogens is 2. The van der Waals surface area contributed by atoms with Crippen molar-refractivity contribution in [1.29, 1.82) is 0 Å². The van der Waals surface area contributed by atoms with E-state index in [0.29, 0.717) is 5.69 Å². The largest absolute Gasteiger partial charge is 0.338 e. The monoisotopic (exact) mass is 252 g/mol. The Balaban J connectivity index is 2.30. The minimum atomic E-state index is -0.640. The van der Waals surface area contributed by atoms with Gasteiger partial charge < -0.3 is 5.32 Å². The predicted molar refractivity (Wildman–Crippen MR) is 62.2 cm³/mol. The van der Waals surface area contributed by atoms with Crippen LogP contribution in [0.15, 0.2) is 35.6 Å². The summed E-state index contributed by atoms with van der Waals surface area (Å²) in [5.74, 6) is -0.702. The number of benzene rings is 1. The lowest BCUT2D eigenvalue weighted by Gasteiger charge is -2.06. The van der Waals surface area contributed by atoms with Crippen LogP contribution in [0.3, 0.4) is 0 Å². The van der Waals surface area contributed by atoms with E-state index in [-0.39, 0.29) is 16.8 Å². The van der Waals surface area contributed by atoms with Gasteiger partial charge in [0, 0.05) is 5.69 Å². The second-order valence-corrected chi connectivity index (χ2v) is 3.44. The molecule has 2 aromatic rings. The number of rotatable bonds is 3. The van der Waals surface area contributed by atoms with Crippen molar-refractivity contribution in [2.75, 3.05) is 5.32 Å². The number of nitrogens with zero attached hydrogens (tertiary/aromatic N) is 3. The SMILES string of the molecule is O=Nc1cccc(Nc2nc(Cl)ncc2F)c1. The zero-order valence-electron chi connectivity index (χ0n) is 8.39. The van der Waals surface area contributed by atoms with E-state index < -0.39 is 5.82 Å². The van der Waals surface area contributed by atoms with Crippen LogP contribution in [0.5, 0.6) is 0 Å². The first-order valence-electron chi connectivity index (χ1n) is 4.57. The number of hydrogen-bond donors (Lipinski definition) is 1. The van der Waals surface area contributed by atoms with Gasteiger partial charge in [0.25, 0.3) is 0 Å². The molecule has 1 heterocycles. The van der Waals surface area contributed by atoms with Gasteiger partial charge in [-0.1, -0.05) is 6.07 Å². The van der Waals surface area contributed by atoms with Crippen LogP contribution in [0, 0.1) is 10.7 Å². The second-order valence-electron chi connectivity index (χ2n) is 3.10. The summed E-state index contributed by atoms with van der Waals surface area (Å²) in [7, 11) is 0. The molecule has 5 nitrogen and oxygen atoms in total. The van der Waals surface area contributed by atoms with E-state index in [1.54, 1.807) is 12.1 Å². The molecule has 1 N–H and O–H groups in total. The van der Waals surface area contributed by atoms with E-state index in [4.69, 9.17) is 11.6 Å². The predicted octanol–water partition coefficient (Wildman–Crippen LogP) is 3.41. The number of nitroso groups, excluding NO2 is 1. The zero-order valence-corrected chi connectivity index (χ0v) is 9.15. The number of nitrogens with one attached hydrogen (secondary N) is 1. The Morgan fingerprint density at radius 1 is 1.41 bits per heavy atom. The fourth-order valence-corrected chi connectivity index (χ4v) is 1.34. The maximum Gasteiger partial charge on any atom is 0.224 e. The molecule has 0 unspecified atom stereocenters. The summed E-state index contributed by atoms with van der Waals surface area (Å²) in [5, 5.41) is 5.38. The fourth-order valence-electron chi connectivity index (χ4n) is 1.21. The van der Waals surface area contributed by atoms with E-state index in [1.165, 1.54) is 12.1 Å². The molecule has 1 aromatic carbocycles. The molecule has 86 valence electrons. The van der Waals surface area contributed by atoms with Crippen molar-refractivity contribution in [1.82, 2.24) is 9.97 Å². The minimum Gasteiger partial charge on any atom is -0.338 e. The Morgan fingerprint density at radius 2 is 2.24 bits per heavy atom. The smallest absolute Gasteiger partial charge is 0.224 e. The van der Waals surface area contributed by atoms with E-state index in [2.05, 4.69) is 20.5 Å². The summed E-state index contributed by atoms with van der Waals surface area (Å²) < 4.78 is 13.3. The molecule has 0 aliphatic heterocycles. The molecule has 0 radical (unpaired) electrons. The molecule has 1 aromatic heterocycles. The third-order valence-corrected chi connectivity index (χ3v) is 2.11. The van der Waals surface area contributed by atoms with Gasteiger partial charge in [0.05, 0.1) is 6.20 Å². The molecule has 2 rings (SSSR count). The third kappa shape index (κ3) is 2.73.